The summed E-state index contributed by atoms with van der Waals surface area (Å²) in [6.45, 7) is 0.581. The standard InChI is InChI=1S/C9H10FNO/c10-6-2-1-3-8-9(6)7(11)4-5-12-8/h1-3,7H,4-5,11H2/t7-/m0/s1. The monoisotopic (exact) mass is 167 g/mol. The van der Waals surface area contributed by atoms with Gasteiger partial charge in [0.2, 0.25) is 0 Å². The van der Waals surface area contributed by atoms with Crippen LogP contribution in [0.5, 0.6) is 5.75 Å². The number of halogens is 1. The first-order chi connectivity index (χ1) is 5.79. The Morgan fingerprint density at radius 2 is 2.33 bits per heavy atom. The molecule has 1 atom stereocenters. The highest BCUT2D eigenvalue weighted by atomic mass is 19.1. The van der Waals surface area contributed by atoms with Crippen molar-refractivity contribution in [2.75, 3.05) is 6.61 Å². The van der Waals surface area contributed by atoms with E-state index in [0.717, 1.165) is 0 Å². The molecule has 2 nitrogen and oxygen atoms in total. The molecule has 1 heterocycles. The maximum Gasteiger partial charge on any atom is 0.131 e. The van der Waals surface area contributed by atoms with Gasteiger partial charge in [-0.25, -0.2) is 4.39 Å². The van der Waals surface area contributed by atoms with Crippen LogP contribution in [0.3, 0.4) is 0 Å². The second-order valence-corrected chi connectivity index (χ2v) is 2.90. The molecule has 0 bridgehead atoms. The summed E-state index contributed by atoms with van der Waals surface area (Å²) in [5.41, 5.74) is 6.24. The Hall–Kier alpha value is -1.09. The van der Waals surface area contributed by atoms with E-state index in [2.05, 4.69) is 0 Å². The Balaban J connectivity index is 2.53. The van der Waals surface area contributed by atoms with Crippen LogP contribution in [0, 0.1) is 5.82 Å². The van der Waals surface area contributed by atoms with Gasteiger partial charge in [0.25, 0.3) is 0 Å². The third kappa shape index (κ3) is 1.06. The molecule has 0 aliphatic carbocycles. The smallest absolute Gasteiger partial charge is 0.131 e. The molecule has 1 aliphatic rings. The second kappa shape index (κ2) is 2.75. The number of hydrogen-bond donors (Lipinski definition) is 1. The van der Waals surface area contributed by atoms with Crippen molar-refractivity contribution < 1.29 is 9.13 Å². The van der Waals surface area contributed by atoms with Crippen LogP contribution >= 0.6 is 0 Å². The molecule has 3 heteroatoms. The molecule has 2 rings (SSSR count). The van der Waals surface area contributed by atoms with Gasteiger partial charge in [0.05, 0.1) is 6.61 Å². The van der Waals surface area contributed by atoms with E-state index in [1.54, 1.807) is 12.1 Å². The normalized spacial score (nSPS) is 21.3. The lowest BCUT2D eigenvalue weighted by molar-refractivity contribution is 0.264. The number of nitrogens with two attached hydrogens (primary N) is 1. The Morgan fingerprint density at radius 3 is 3.08 bits per heavy atom. The highest BCUT2D eigenvalue weighted by Crippen LogP contribution is 2.31. The van der Waals surface area contributed by atoms with Crippen LogP contribution in [0.2, 0.25) is 0 Å². The van der Waals surface area contributed by atoms with Crippen LogP contribution in [0.25, 0.3) is 0 Å². The number of rotatable bonds is 0. The summed E-state index contributed by atoms with van der Waals surface area (Å²) in [6.07, 6.45) is 0.688. The Labute approximate surface area is 70.1 Å². The SMILES string of the molecule is N[C@H]1CCOc2cccc(F)c21. The summed E-state index contributed by atoms with van der Waals surface area (Å²) in [7, 11) is 0. The van der Waals surface area contributed by atoms with Gasteiger partial charge in [0, 0.05) is 18.0 Å². The lowest BCUT2D eigenvalue weighted by Gasteiger charge is -2.22. The zero-order chi connectivity index (χ0) is 8.55. The average molecular weight is 167 g/mol. The predicted octanol–water partition coefficient (Wildman–Crippen LogP) is 1.61. The molecule has 0 unspecified atom stereocenters. The maximum absolute atomic E-state index is 13.2. The fourth-order valence-corrected chi connectivity index (χ4v) is 1.44. The number of fused-ring (bicyclic) bond motifs is 1. The minimum atomic E-state index is -0.264. The summed E-state index contributed by atoms with van der Waals surface area (Å²) in [4.78, 5) is 0. The summed E-state index contributed by atoms with van der Waals surface area (Å²) in [5.74, 6) is 0.327. The number of benzene rings is 1. The lowest BCUT2D eigenvalue weighted by atomic mass is 10.0. The Morgan fingerprint density at radius 1 is 1.50 bits per heavy atom. The molecule has 2 N–H and O–H groups in total. The lowest BCUT2D eigenvalue weighted by Crippen LogP contribution is -2.21. The van der Waals surface area contributed by atoms with Crippen LogP contribution in [0.4, 0.5) is 4.39 Å². The average Bonchev–Trinajstić information content (AvgIpc) is 2.04. The Bertz CT molecular complexity index is 301. The molecule has 64 valence electrons. The minimum Gasteiger partial charge on any atom is -0.493 e. The van der Waals surface area contributed by atoms with Crippen molar-refractivity contribution in [2.45, 2.75) is 12.5 Å². The predicted molar refractivity (Wildman–Crippen MR) is 43.4 cm³/mol. The van der Waals surface area contributed by atoms with Crippen LogP contribution in [0.1, 0.15) is 18.0 Å². The van der Waals surface area contributed by atoms with Gasteiger partial charge in [-0.1, -0.05) is 6.07 Å². The van der Waals surface area contributed by atoms with E-state index in [9.17, 15) is 4.39 Å². The van der Waals surface area contributed by atoms with Crippen molar-refractivity contribution in [3.63, 3.8) is 0 Å². The summed E-state index contributed by atoms with van der Waals surface area (Å²) in [5, 5.41) is 0. The molecule has 12 heavy (non-hydrogen) atoms. The molecule has 0 spiro atoms. The van der Waals surface area contributed by atoms with Gasteiger partial charge in [-0.15, -0.1) is 0 Å². The molecule has 0 fully saturated rings. The van der Waals surface area contributed by atoms with Gasteiger partial charge in [-0.05, 0) is 12.1 Å². The van der Waals surface area contributed by atoms with Crippen LogP contribution in [-0.2, 0) is 0 Å². The second-order valence-electron chi connectivity index (χ2n) is 2.90. The minimum absolute atomic E-state index is 0.213. The number of hydrogen-bond acceptors (Lipinski definition) is 2. The Kier molecular flexibility index (Phi) is 1.73. The molecular formula is C9H10FNO. The van der Waals surface area contributed by atoms with Crippen LogP contribution in [-0.4, -0.2) is 6.61 Å². The third-order valence-electron chi connectivity index (χ3n) is 2.07. The zero-order valence-corrected chi connectivity index (χ0v) is 6.59. The quantitative estimate of drug-likeness (QED) is 0.637. The molecule has 0 radical (unpaired) electrons. The van der Waals surface area contributed by atoms with E-state index < -0.39 is 0 Å². The topological polar surface area (TPSA) is 35.2 Å². The molecule has 0 saturated heterocycles. The highest BCUT2D eigenvalue weighted by Gasteiger charge is 2.21. The highest BCUT2D eigenvalue weighted by molar-refractivity contribution is 5.38. The van der Waals surface area contributed by atoms with Gasteiger partial charge in [-0.2, -0.15) is 0 Å². The summed E-state index contributed by atoms with van der Waals surface area (Å²) >= 11 is 0. The largest absolute Gasteiger partial charge is 0.493 e. The molecule has 1 aromatic rings. The van der Waals surface area contributed by atoms with E-state index in [1.165, 1.54) is 6.07 Å². The number of ether oxygens (including phenoxy) is 1. The molecule has 0 amide bonds. The molecular weight excluding hydrogens is 157 g/mol. The van der Waals surface area contributed by atoms with Gasteiger partial charge < -0.3 is 10.5 Å². The van der Waals surface area contributed by atoms with Crippen LogP contribution < -0.4 is 10.5 Å². The molecule has 1 aliphatic heterocycles. The fraction of sp³-hybridized carbons (Fsp3) is 0.333. The van der Waals surface area contributed by atoms with Gasteiger partial charge in [-0.3, -0.25) is 0 Å². The van der Waals surface area contributed by atoms with Crippen molar-refractivity contribution in [3.8, 4) is 5.75 Å². The van der Waals surface area contributed by atoms with Crippen molar-refractivity contribution in [3.05, 3.63) is 29.6 Å². The maximum atomic E-state index is 13.2. The first-order valence-corrected chi connectivity index (χ1v) is 3.96. The summed E-state index contributed by atoms with van der Waals surface area (Å²) < 4.78 is 18.4. The van der Waals surface area contributed by atoms with Crippen molar-refractivity contribution in [1.82, 2.24) is 0 Å². The first-order valence-electron chi connectivity index (χ1n) is 3.96. The molecule has 0 saturated carbocycles. The van der Waals surface area contributed by atoms with E-state index in [4.69, 9.17) is 10.5 Å². The molecule has 0 aromatic heterocycles. The van der Waals surface area contributed by atoms with Crippen molar-refractivity contribution >= 4 is 0 Å². The molecule has 1 aromatic carbocycles. The van der Waals surface area contributed by atoms with Crippen molar-refractivity contribution in [2.24, 2.45) is 5.73 Å². The first kappa shape index (κ1) is 7.55. The third-order valence-corrected chi connectivity index (χ3v) is 2.07. The van der Waals surface area contributed by atoms with Gasteiger partial charge >= 0.3 is 0 Å². The summed E-state index contributed by atoms with van der Waals surface area (Å²) in [6, 6.07) is 4.58. The van der Waals surface area contributed by atoms with E-state index >= 15 is 0 Å². The fourth-order valence-electron chi connectivity index (χ4n) is 1.44. The van der Waals surface area contributed by atoms with Gasteiger partial charge in [0.15, 0.2) is 0 Å². The van der Waals surface area contributed by atoms with E-state index in [-0.39, 0.29) is 11.9 Å². The van der Waals surface area contributed by atoms with E-state index in [1.807, 2.05) is 0 Å². The van der Waals surface area contributed by atoms with Gasteiger partial charge in [0.1, 0.15) is 11.6 Å². The van der Waals surface area contributed by atoms with Crippen LogP contribution in [0.15, 0.2) is 18.2 Å². The van der Waals surface area contributed by atoms with Crippen molar-refractivity contribution in [1.29, 1.82) is 0 Å². The van der Waals surface area contributed by atoms with E-state index in [0.29, 0.717) is 24.3 Å². The zero-order valence-electron chi connectivity index (χ0n) is 6.59.